The second-order valence-corrected chi connectivity index (χ2v) is 5.26. The van der Waals surface area contributed by atoms with Gasteiger partial charge in [-0.05, 0) is 56.4 Å². The highest BCUT2D eigenvalue weighted by atomic mass is 15.2. The maximum absolute atomic E-state index is 6.01. The van der Waals surface area contributed by atoms with Crippen molar-refractivity contribution in [1.29, 1.82) is 0 Å². The molecule has 2 heterocycles. The van der Waals surface area contributed by atoms with Gasteiger partial charge in [0.15, 0.2) is 0 Å². The van der Waals surface area contributed by atoms with E-state index in [-0.39, 0.29) is 0 Å². The van der Waals surface area contributed by atoms with Crippen molar-refractivity contribution in [2.24, 2.45) is 11.7 Å². The summed E-state index contributed by atoms with van der Waals surface area (Å²) >= 11 is 0. The highest BCUT2D eigenvalue weighted by molar-refractivity contribution is 5.16. The fourth-order valence-electron chi connectivity index (χ4n) is 3.14. The van der Waals surface area contributed by atoms with E-state index in [1.54, 1.807) is 0 Å². The van der Waals surface area contributed by atoms with Crippen LogP contribution in [0.3, 0.4) is 0 Å². The molecule has 2 atom stereocenters. The number of rotatable bonds is 4. The van der Waals surface area contributed by atoms with Crippen LogP contribution in [0.5, 0.6) is 0 Å². The van der Waals surface area contributed by atoms with Gasteiger partial charge in [0.25, 0.3) is 0 Å². The maximum atomic E-state index is 6.01. The summed E-state index contributed by atoms with van der Waals surface area (Å²) in [7, 11) is 0. The molecule has 0 aliphatic carbocycles. The van der Waals surface area contributed by atoms with Gasteiger partial charge in [-0.2, -0.15) is 0 Å². The number of pyridine rings is 1. The van der Waals surface area contributed by atoms with Crippen LogP contribution in [0.4, 0.5) is 0 Å². The van der Waals surface area contributed by atoms with Crippen molar-refractivity contribution in [2.75, 3.05) is 19.6 Å². The molecular formula is C15H25N3. The van der Waals surface area contributed by atoms with Crippen molar-refractivity contribution in [3.05, 3.63) is 30.1 Å². The zero-order valence-electron chi connectivity index (χ0n) is 11.4. The molecular weight excluding hydrogens is 222 g/mol. The van der Waals surface area contributed by atoms with E-state index in [2.05, 4.69) is 22.9 Å². The molecule has 0 saturated carbocycles. The highest BCUT2D eigenvalue weighted by Crippen LogP contribution is 2.34. The second kappa shape index (κ2) is 6.86. The first-order valence-corrected chi connectivity index (χ1v) is 7.20. The van der Waals surface area contributed by atoms with E-state index in [1.807, 2.05) is 18.5 Å². The number of hydrogen-bond acceptors (Lipinski definition) is 3. The minimum atomic E-state index is 0.464. The maximum Gasteiger partial charge on any atom is 0.0403 e. The van der Waals surface area contributed by atoms with Gasteiger partial charge in [0.2, 0.25) is 0 Å². The van der Waals surface area contributed by atoms with E-state index in [9.17, 15) is 0 Å². The molecule has 100 valence electrons. The van der Waals surface area contributed by atoms with Crippen molar-refractivity contribution in [2.45, 2.75) is 38.6 Å². The third-order valence-corrected chi connectivity index (χ3v) is 3.95. The van der Waals surface area contributed by atoms with Crippen LogP contribution in [0, 0.1) is 5.92 Å². The van der Waals surface area contributed by atoms with Gasteiger partial charge >= 0.3 is 0 Å². The summed E-state index contributed by atoms with van der Waals surface area (Å²) < 4.78 is 0. The van der Waals surface area contributed by atoms with Crippen molar-refractivity contribution in [1.82, 2.24) is 9.88 Å². The van der Waals surface area contributed by atoms with Crippen LogP contribution in [0.15, 0.2) is 24.5 Å². The molecule has 1 aliphatic rings. The zero-order chi connectivity index (χ0) is 12.8. The monoisotopic (exact) mass is 247 g/mol. The Kier molecular flexibility index (Phi) is 5.14. The fourth-order valence-corrected chi connectivity index (χ4v) is 3.14. The normalized spacial score (nSPS) is 25.9. The molecule has 2 unspecified atom stereocenters. The van der Waals surface area contributed by atoms with E-state index >= 15 is 0 Å². The highest BCUT2D eigenvalue weighted by Gasteiger charge is 2.29. The Morgan fingerprint density at radius 3 is 3.00 bits per heavy atom. The number of nitrogens with two attached hydrogens (primary N) is 1. The topological polar surface area (TPSA) is 42.1 Å². The molecule has 0 bridgehead atoms. The van der Waals surface area contributed by atoms with Crippen LogP contribution in [0.2, 0.25) is 0 Å². The first-order chi connectivity index (χ1) is 8.86. The SMILES string of the molecule is CCCN1CCCCC(CN)C1c1cccnc1. The van der Waals surface area contributed by atoms with Crippen LogP contribution in [0.1, 0.15) is 44.2 Å². The molecule has 0 spiro atoms. The predicted octanol–water partition coefficient (Wildman–Crippen LogP) is 2.59. The summed E-state index contributed by atoms with van der Waals surface area (Å²) in [6.45, 7) is 5.39. The smallest absolute Gasteiger partial charge is 0.0403 e. The molecule has 3 heteroatoms. The minimum absolute atomic E-state index is 0.464. The van der Waals surface area contributed by atoms with E-state index in [1.165, 1.54) is 37.8 Å². The Hall–Kier alpha value is -0.930. The van der Waals surface area contributed by atoms with E-state index in [0.29, 0.717) is 12.0 Å². The van der Waals surface area contributed by atoms with Gasteiger partial charge in [0.1, 0.15) is 0 Å². The van der Waals surface area contributed by atoms with Crippen molar-refractivity contribution in [3.63, 3.8) is 0 Å². The Balaban J connectivity index is 2.26. The lowest BCUT2D eigenvalue weighted by Crippen LogP contribution is -2.36. The molecule has 3 nitrogen and oxygen atoms in total. The fraction of sp³-hybridized carbons (Fsp3) is 0.667. The van der Waals surface area contributed by atoms with Crippen molar-refractivity contribution >= 4 is 0 Å². The van der Waals surface area contributed by atoms with Gasteiger partial charge in [-0.3, -0.25) is 9.88 Å². The summed E-state index contributed by atoms with van der Waals surface area (Å²) in [4.78, 5) is 6.90. The van der Waals surface area contributed by atoms with Crippen LogP contribution < -0.4 is 5.73 Å². The molecule has 2 N–H and O–H groups in total. The predicted molar refractivity (Wildman–Crippen MR) is 75.2 cm³/mol. The quantitative estimate of drug-likeness (QED) is 0.889. The van der Waals surface area contributed by atoms with Gasteiger partial charge in [0.05, 0.1) is 0 Å². The summed E-state index contributed by atoms with van der Waals surface area (Å²) in [6.07, 6.45) is 8.92. The summed E-state index contributed by atoms with van der Waals surface area (Å²) in [5, 5.41) is 0. The van der Waals surface area contributed by atoms with Crippen LogP contribution >= 0.6 is 0 Å². The lowest BCUT2D eigenvalue weighted by molar-refractivity contribution is 0.158. The van der Waals surface area contributed by atoms with Crippen LogP contribution in [0.25, 0.3) is 0 Å². The zero-order valence-corrected chi connectivity index (χ0v) is 11.4. The third kappa shape index (κ3) is 3.09. The van der Waals surface area contributed by atoms with Gasteiger partial charge in [-0.15, -0.1) is 0 Å². The first-order valence-electron chi connectivity index (χ1n) is 7.20. The second-order valence-electron chi connectivity index (χ2n) is 5.26. The average Bonchev–Trinajstić information content (AvgIpc) is 2.62. The molecule has 1 saturated heterocycles. The first kappa shape index (κ1) is 13.5. The molecule has 18 heavy (non-hydrogen) atoms. The van der Waals surface area contributed by atoms with Gasteiger partial charge in [0, 0.05) is 18.4 Å². The summed E-state index contributed by atoms with van der Waals surface area (Å²) in [5.41, 5.74) is 7.35. The molecule has 0 aromatic carbocycles. The van der Waals surface area contributed by atoms with E-state index in [0.717, 1.165) is 13.1 Å². The average molecular weight is 247 g/mol. The molecule has 0 radical (unpaired) electrons. The number of nitrogens with zero attached hydrogens (tertiary/aromatic N) is 2. The van der Waals surface area contributed by atoms with Crippen LogP contribution in [-0.4, -0.2) is 29.5 Å². The standard InChI is InChI=1S/C15H25N3/c1-2-9-18-10-4-3-6-13(11-16)15(18)14-7-5-8-17-12-14/h5,7-8,12-13,15H,2-4,6,9-11,16H2,1H3. The Morgan fingerprint density at radius 2 is 2.33 bits per heavy atom. The van der Waals surface area contributed by atoms with Gasteiger partial charge in [-0.1, -0.05) is 19.4 Å². The lowest BCUT2D eigenvalue weighted by atomic mass is 9.90. The van der Waals surface area contributed by atoms with Crippen LogP contribution in [-0.2, 0) is 0 Å². The molecule has 1 aromatic rings. The summed E-state index contributed by atoms with van der Waals surface area (Å²) in [6, 6.07) is 4.71. The molecule has 2 rings (SSSR count). The van der Waals surface area contributed by atoms with Gasteiger partial charge < -0.3 is 5.73 Å². The Morgan fingerprint density at radius 1 is 1.44 bits per heavy atom. The van der Waals surface area contributed by atoms with E-state index < -0.39 is 0 Å². The Bertz CT molecular complexity index is 339. The largest absolute Gasteiger partial charge is 0.330 e. The van der Waals surface area contributed by atoms with E-state index in [4.69, 9.17) is 5.73 Å². The lowest BCUT2D eigenvalue weighted by Gasteiger charge is -2.34. The third-order valence-electron chi connectivity index (χ3n) is 3.95. The summed E-state index contributed by atoms with van der Waals surface area (Å²) in [5.74, 6) is 0.572. The number of likely N-dealkylation sites (tertiary alicyclic amines) is 1. The molecule has 1 aliphatic heterocycles. The Labute approximate surface area is 110 Å². The molecule has 0 amide bonds. The van der Waals surface area contributed by atoms with Crippen molar-refractivity contribution < 1.29 is 0 Å². The molecule has 1 aromatic heterocycles. The minimum Gasteiger partial charge on any atom is -0.330 e. The van der Waals surface area contributed by atoms with Crippen molar-refractivity contribution in [3.8, 4) is 0 Å². The number of hydrogen-bond donors (Lipinski definition) is 1. The molecule has 1 fully saturated rings. The van der Waals surface area contributed by atoms with Gasteiger partial charge in [-0.25, -0.2) is 0 Å². The number of aromatic nitrogens is 1.